The normalized spacial score (nSPS) is 15.0. The number of benzene rings is 1. The summed E-state index contributed by atoms with van der Waals surface area (Å²) in [5.74, 6) is 0.0441. The predicted molar refractivity (Wildman–Crippen MR) is 168 cm³/mol. The zero-order chi connectivity index (χ0) is 32.2. The summed E-state index contributed by atoms with van der Waals surface area (Å²) in [4.78, 5) is 60.1. The molecule has 0 spiro atoms. The van der Waals surface area contributed by atoms with Gasteiger partial charge in [-0.2, -0.15) is 10.2 Å². The van der Waals surface area contributed by atoms with Crippen LogP contribution < -0.4 is 26.8 Å². The van der Waals surface area contributed by atoms with E-state index < -0.39 is 35.3 Å². The van der Waals surface area contributed by atoms with Gasteiger partial charge in [0.2, 0.25) is 5.95 Å². The minimum atomic E-state index is -0.667. The number of allylic oxidation sites excluding steroid dienone is 2. The topological polar surface area (TPSA) is 156 Å². The zero-order valence-corrected chi connectivity index (χ0v) is 26.1. The Hall–Kier alpha value is -4.86. The highest BCUT2D eigenvalue weighted by Crippen LogP contribution is 2.24. The Bertz CT molecular complexity index is 1750. The number of hydrogen-bond donors (Lipinski definition) is 2. The second-order valence-electron chi connectivity index (χ2n) is 12.1. The fourth-order valence-electron chi connectivity index (χ4n) is 5.18. The van der Waals surface area contributed by atoms with E-state index in [1.54, 1.807) is 49.6 Å². The van der Waals surface area contributed by atoms with Crippen LogP contribution in [0.3, 0.4) is 0 Å². The number of rotatable bonds is 9. The van der Waals surface area contributed by atoms with Crippen LogP contribution in [0.4, 0.5) is 16.4 Å². The summed E-state index contributed by atoms with van der Waals surface area (Å²) in [7, 11) is 1.53. The average molecular weight is 605 g/mol. The van der Waals surface area contributed by atoms with Gasteiger partial charge in [0.05, 0.1) is 12.6 Å². The SMILES string of the molecule is CC(C)=CCn1c(N2CCCC(NC(=O)OC(C)(C)C)C2)nc2c1c(=O)n(CC(=O)c1ccccc1NCC#N)c(=O)n2C. The quantitative estimate of drug-likeness (QED) is 0.213. The molecule has 1 unspecified atom stereocenters. The van der Waals surface area contributed by atoms with Crippen molar-refractivity contribution in [1.82, 2.24) is 24.0 Å². The third kappa shape index (κ3) is 7.19. The number of fused-ring (bicyclic) bond motifs is 1. The largest absolute Gasteiger partial charge is 0.444 e. The van der Waals surface area contributed by atoms with Gasteiger partial charge in [0.1, 0.15) is 12.1 Å². The number of ketones is 1. The van der Waals surface area contributed by atoms with Gasteiger partial charge in [-0.25, -0.2) is 9.59 Å². The predicted octanol–water partition coefficient (Wildman–Crippen LogP) is 3.17. The van der Waals surface area contributed by atoms with Crippen molar-refractivity contribution in [2.24, 2.45) is 7.05 Å². The van der Waals surface area contributed by atoms with Gasteiger partial charge in [0.25, 0.3) is 5.56 Å². The Kier molecular flexibility index (Phi) is 9.62. The molecule has 3 aromatic rings. The number of imidazole rings is 1. The highest BCUT2D eigenvalue weighted by Gasteiger charge is 2.29. The molecule has 0 saturated carbocycles. The number of nitrogens with zero attached hydrogens (tertiary/aromatic N) is 6. The lowest BCUT2D eigenvalue weighted by Gasteiger charge is -2.34. The maximum atomic E-state index is 14.0. The molecular formula is C31H40N8O5. The summed E-state index contributed by atoms with van der Waals surface area (Å²) >= 11 is 0. The summed E-state index contributed by atoms with van der Waals surface area (Å²) in [6.07, 6.45) is 2.98. The molecule has 234 valence electrons. The highest BCUT2D eigenvalue weighted by atomic mass is 16.6. The monoisotopic (exact) mass is 604 g/mol. The summed E-state index contributed by atoms with van der Waals surface area (Å²) in [5, 5.41) is 14.8. The molecule has 1 aromatic carbocycles. The van der Waals surface area contributed by atoms with Gasteiger partial charge in [0, 0.05) is 44.0 Å². The number of carbonyl (C=O) groups excluding carboxylic acids is 2. The highest BCUT2D eigenvalue weighted by molar-refractivity contribution is 6.01. The first kappa shape index (κ1) is 32.1. The number of anilines is 2. The molecule has 44 heavy (non-hydrogen) atoms. The van der Waals surface area contributed by atoms with E-state index in [1.807, 2.05) is 30.9 Å². The van der Waals surface area contributed by atoms with Crippen LogP contribution in [0.2, 0.25) is 0 Å². The molecule has 13 heteroatoms. The summed E-state index contributed by atoms with van der Waals surface area (Å²) in [6, 6.07) is 8.43. The molecule has 0 radical (unpaired) electrons. The van der Waals surface area contributed by atoms with Gasteiger partial charge in [-0.1, -0.05) is 23.8 Å². The number of ether oxygens (including phenoxy) is 1. The Morgan fingerprint density at radius 3 is 2.59 bits per heavy atom. The first-order chi connectivity index (χ1) is 20.8. The number of para-hydroxylation sites is 1. The van der Waals surface area contributed by atoms with Gasteiger partial charge in [-0.05, 0) is 59.6 Å². The molecule has 0 aliphatic carbocycles. The van der Waals surface area contributed by atoms with Crippen LogP contribution in [0.25, 0.3) is 11.2 Å². The Morgan fingerprint density at radius 2 is 1.91 bits per heavy atom. The minimum absolute atomic E-state index is 0.00502. The van der Waals surface area contributed by atoms with Crippen LogP contribution in [-0.2, 0) is 24.9 Å². The van der Waals surface area contributed by atoms with Crippen molar-refractivity contribution in [3.63, 3.8) is 0 Å². The number of piperidine rings is 1. The number of alkyl carbamates (subject to hydrolysis) is 1. The van der Waals surface area contributed by atoms with Crippen LogP contribution in [0.15, 0.2) is 45.5 Å². The fraction of sp³-hybridized carbons (Fsp3) is 0.484. The molecule has 4 rings (SSSR count). The van der Waals surface area contributed by atoms with Gasteiger partial charge < -0.3 is 24.8 Å². The van der Waals surface area contributed by atoms with Crippen molar-refractivity contribution < 1.29 is 14.3 Å². The molecule has 1 aliphatic heterocycles. The molecule has 1 saturated heterocycles. The molecule has 1 amide bonds. The van der Waals surface area contributed by atoms with Crippen LogP contribution in [-0.4, -0.2) is 61.8 Å². The van der Waals surface area contributed by atoms with Crippen LogP contribution in [0.5, 0.6) is 0 Å². The van der Waals surface area contributed by atoms with E-state index >= 15 is 0 Å². The zero-order valence-electron chi connectivity index (χ0n) is 26.1. The molecule has 2 aromatic heterocycles. The first-order valence-electron chi connectivity index (χ1n) is 14.6. The summed E-state index contributed by atoms with van der Waals surface area (Å²) < 4.78 is 9.42. The van der Waals surface area contributed by atoms with Crippen molar-refractivity contribution >= 4 is 34.7 Å². The standard InChI is InChI=1S/C31H40N8O5/c1-20(2)13-17-38-25-26(35-28(38)37-16-9-10-21(18-37)34-29(42)44-31(3,4)5)36(6)30(43)39(27(25)41)19-24(40)22-11-7-8-12-23(22)33-15-14-32/h7-8,11-13,21,33H,9-10,15-19H2,1-6H3,(H,34,42). The van der Waals surface area contributed by atoms with E-state index in [2.05, 4.69) is 10.6 Å². The Balaban J connectivity index is 1.75. The van der Waals surface area contributed by atoms with Gasteiger partial charge in [-0.3, -0.25) is 18.7 Å². The van der Waals surface area contributed by atoms with E-state index in [0.29, 0.717) is 31.3 Å². The molecule has 13 nitrogen and oxygen atoms in total. The lowest BCUT2D eigenvalue weighted by molar-refractivity contribution is 0.0499. The van der Waals surface area contributed by atoms with E-state index in [-0.39, 0.29) is 29.3 Å². The van der Waals surface area contributed by atoms with Crippen LogP contribution in [0, 0.1) is 11.3 Å². The van der Waals surface area contributed by atoms with Crippen molar-refractivity contribution in [3.05, 3.63) is 62.3 Å². The van der Waals surface area contributed by atoms with Gasteiger partial charge in [-0.15, -0.1) is 0 Å². The number of Topliss-reactive ketones (excluding diaryl/α,β-unsaturated/α-hetero) is 1. The lowest BCUT2D eigenvalue weighted by atomic mass is 10.1. The van der Waals surface area contributed by atoms with Crippen molar-refractivity contribution in [1.29, 1.82) is 5.26 Å². The molecule has 1 fully saturated rings. The molecule has 3 heterocycles. The second-order valence-corrected chi connectivity index (χ2v) is 12.1. The second kappa shape index (κ2) is 13.2. The lowest BCUT2D eigenvalue weighted by Crippen LogP contribution is -2.49. The number of aromatic nitrogens is 4. The van der Waals surface area contributed by atoms with Crippen molar-refractivity contribution in [2.75, 3.05) is 29.9 Å². The van der Waals surface area contributed by atoms with Gasteiger partial charge >= 0.3 is 11.8 Å². The van der Waals surface area contributed by atoms with Crippen molar-refractivity contribution in [3.8, 4) is 6.07 Å². The average Bonchev–Trinajstić information content (AvgIpc) is 3.35. The third-order valence-electron chi connectivity index (χ3n) is 7.21. The van der Waals surface area contributed by atoms with E-state index in [4.69, 9.17) is 15.0 Å². The fourth-order valence-corrected chi connectivity index (χ4v) is 5.18. The molecule has 1 aliphatic rings. The number of carbonyl (C=O) groups is 2. The number of hydrogen-bond acceptors (Lipinski definition) is 9. The van der Waals surface area contributed by atoms with Gasteiger partial charge in [0.15, 0.2) is 16.9 Å². The molecular weight excluding hydrogens is 564 g/mol. The van der Waals surface area contributed by atoms with Crippen molar-refractivity contribution in [2.45, 2.75) is 72.2 Å². The molecule has 2 N–H and O–H groups in total. The number of aryl methyl sites for hydroxylation is 1. The maximum Gasteiger partial charge on any atom is 0.407 e. The van der Waals surface area contributed by atoms with E-state index in [1.165, 1.54) is 11.6 Å². The smallest absolute Gasteiger partial charge is 0.407 e. The Labute approximate surface area is 255 Å². The van der Waals surface area contributed by atoms with Crippen LogP contribution >= 0.6 is 0 Å². The number of amides is 1. The first-order valence-corrected chi connectivity index (χ1v) is 14.6. The number of nitrogens with one attached hydrogen (secondary N) is 2. The summed E-state index contributed by atoms with van der Waals surface area (Å²) in [5.41, 5.74) is 0.235. The van der Waals surface area contributed by atoms with E-state index in [9.17, 15) is 19.2 Å². The van der Waals surface area contributed by atoms with E-state index in [0.717, 1.165) is 23.0 Å². The maximum absolute atomic E-state index is 14.0. The molecule has 1 atom stereocenters. The Morgan fingerprint density at radius 1 is 1.18 bits per heavy atom. The summed E-state index contributed by atoms with van der Waals surface area (Å²) in [6.45, 7) is 10.2. The molecule has 0 bridgehead atoms. The number of nitriles is 1. The third-order valence-corrected chi connectivity index (χ3v) is 7.21. The van der Waals surface area contributed by atoms with Crippen LogP contribution in [0.1, 0.15) is 57.8 Å². The minimum Gasteiger partial charge on any atom is -0.444 e.